The van der Waals surface area contributed by atoms with E-state index in [2.05, 4.69) is 17.2 Å². The second-order valence-corrected chi connectivity index (χ2v) is 8.41. The molecule has 0 saturated heterocycles. The number of ether oxygens (including phenoxy) is 1. The van der Waals surface area contributed by atoms with Crippen molar-refractivity contribution in [2.75, 3.05) is 6.61 Å². The highest BCUT2D eigenvalue weighted by Gasteiger charge is 2.12. The van der Waals surface area contributed by atoms with E-state index in [9.17, 15) is 4.79 Å². The van der Waals surface area contributed by atoms with Crippen molar-refractivity contribution in [1.29, 1.82) is 0 Å². The molecule has 0 aliphatic rings. The van der Waals surface area contributed by atoms with Gasteiger partial charge in [0.25, 0.3) is 0 Å². The van der Waals surface area contributed by atoms with Crippen molar-refractivity contribution in [1.82, 2.24) is 15.0 Å². The van der Waals surface area contributed by atoms with E-state index in [1.165, 1.54) is 94.6 Å². The Morgan fingerprint density at radius 2 is 1.27 bits per heavy atom. The van der Waals surface area contributed by atoms with Crippen LogP contribution >= 0.6 is 0 Å². The van der Waals surface area contributed by atoms with Gasteiger partial charge in [-0.25, -0.2) is 4.79 Å². The molecule has 5 heteroatoms. The van der Waals surface area contributed by atoms with Crippen molar-refractivity contribution in [3.63, 3.8) is 0 Å². The van der Waals surface area contributed by atoms with Gasteiger partial charge in [-0.05, 0) is 18.6 Å². The highest BCUT2D eigenvalue weighted by molar-refractivity contribution is 5.84. The summed E-state index contributed by atoms with van der Waals surface area (Å²) in [6.45, 7) is 2.73. The summed E-state index contributed by atoms with van der Waals surface area (Å²) in [6.07, 6.45) is 20.9. The average Bonchev–Trinajstić information content (AvgIpc) is 3.20. The molecule has 168 valence electrons. The molecule has 1 heterocycles. The normalized spacial score (nSPS) is 11.2. The maximum Gasteiger partial charge on any atom is 0.436 e. The van der Waals surface area contributed by atoms with Crippen molar-refractivity contribution in [3.8, 4) is 0 Å². The number of carbonyl (C=O) groups excluding carboxylic acids is 1. The summed E-state index contributed by atoms with van der Waals surface area (Å²) >= 11 is 0. The molecule has 1 aromatic carbocycles. The molecule has 1 aromatic heterocycles. The Kier molecular flexibility index (Phi) is 12.9. The van der Waals surface area contributed by atoms with Crippen LogP contribution in [0.3, 0.4) is 0 Å². The van der Waals surface area contributed by atoms with Crippen LogP contribution < -0.4 is 0 Å². The molecule has 0 spiro atoms. The standard InChI is InChI=1S/C25H41N3O2/c1-2-3-4-5-6-7-8-9-10-11-12-13-14-15-16-19-22-30-25(29)28-24-21-18-17-20-23(24)26-27-28/h17-18,20-21H,2-16,19,22H2,1H3. The van der Waals surface area contributed by atoms with E-state index in [4.69, 9.17) is 4.74 Å². The Morgan fingerprint density at radius 1 is 0.767 bits per heavy atom. The zero-order valence-corrected chi connectivity index (χ0v) is 19.0. The van der Waals surface area contributed by atoms with Gasteiger partial charge >= 0.3 is 6.09 Å². The molecule has 0 atom stereocenters. The van der Waals surface area contributed by atoms with Gasteiger partial charge in [-0.1, -0.05) is 121 Å². The largest absolute Gasteiger partial charge is 0.448 e. The van der Waals surface area contributed by atoms with Crippen LogP contribution in [-0.4, -0.2) is 27.7 Å². The van der Waals surface area contributed by atoms with Crippen LogP contribution in [-0.2, 0) is 4.74 Å². The van der Waals surface area contributed by atoms with Gasteiger partial charge < -0.3 is 4.74 Å². The molecule has 0 aliphatic heterocycles. The zero-order chi connectivity index (χ0) is 21.3. The first-order chi connectivity index (χ1) is 14.8. The maximum absolute atomic E-state index is 12.1. The third-order valence-electron chi connectivity index (χ3n) is 5.75. The SMILES string of the molecule is CCCCCCCCCCCCCCCCCCOC(=O)n1nnc2ccccc21. The minimum absolute atomic E-state index is 0.440. The Bertz CT molecular complexity index is 699. The highest BCUT2D eigenvalue weighted by atomic mass is 16.6. The molecule has 0 saturated carbocycles. The number of para-hydroxylation sites is 1. The number of rotatable bonds is 17. The summed E-state index contributed by atoms with van der Waals surface area (Å²) in [6, 6.07) is 7.40. The molecule has 0 bridgehead atoms. The van der Waals surface area contributed by atoms with E-state index >= 15 is 0 Å². The molecule has 0 fully saturated rings. The van der Waals surface area contributed by atoms with Crippen LogP contribution in [0.5, 0.6) is 0 Å². The number of nitrogens with zero attached hydrogens (tertiary/aromatic N) is 3. The van der Waals surface area contributed by atoms with E-state index in [0.717, 1.165) is 12.8 Å². The smallest absolute Gasteiger partial charge is 0.436 e. The summed E-state index contributed by atoms with van der Waals surface area (Å²) in [5, 5.41) is 7.86. The number of fused-ring (bicyclic) bond motifs is 1. The van der Waals surface area contributed by atoms with Gasteiger partial charge in [0.2, 0.25) is 0 Å². The lowest BCUT2D eigenvalue weighted by molar-refractivity contribution is 0.142. The number of hydrogen-bond donors (Lipinski definition) is 0. The summed E-state index contributed by atoms with van der Waals surface area (Å²) in [4.78, 5) is 12.1. The van der Waals surface area contributed by atoms with Crippen LogP contribution in [0.4, 0.5) is 4.79 Å². The first-order valence-corrected chi connectivity index (χ1v) is 12.3. The van der Waals surface area contributed by atoms with Gasteiger partial charge in [0.15, 0.2) is 0 Å². The summed E-state index contributed by atoms with van der Waals surface area (Å²) in [5.41, 5.74) is 1.39. The lowest BCUT2D eigenvalue weighted by Crippen LogP contribution is -2.15. The molecule has 0 unspecified atom stereocenters. The fraction of sp³-hybridized carbons (Fsp3) is 0.720. The first-order valence-electron chi connectivity index (χ1n) is 12.3. The maximum atomic E-state index is 12.1. The van der Waals surface area contributed by atoms with Crippen LogP contribution in [0.15, 0.2) is 24.3 Å². The van der Waals surface area contributed by atoms with Crippen LogP contribution in [0.25, 0.3) is 11.0 Å². The molecule has 30 heavy (non-hydrogen) atoms. The van der Waals surface area contributed by atoms with Crippen LogP contribution in [0.2, 0.25) is 0 Å². The third-order valence-corrected chi connectivity index (χ3v) is 5.75. The minimum atomic E-state index is -0.440. The summed E-state index contributed by atoms with van der Waals surface area (Å²) in [5.74, 6) is 0. The van der Waals surface area contributed by atoms with Gasteiger partial charge in [-0.2, -0.15) is 0 Å². The molecule has 2 aromatic rings. The number of hydrogen-bond acceptors (Lipinski definition) is 4. The van der Waals surface area contributed by atoms with Gasteiger partial charge in [0.05, 0.1) is 6.61 Å². The Morgan fingerprint density at radius 3 is 1.83 bits per heavy atom. The predicted octanol–water partition coefficient (Wildman–Crippen LogP) is 7.68. The fourth-order valence-electron chi connectivity index (χ4n) is 3.87. The second kappa shape index (κ2) is 15.9. The van der Waals surface area contributed by atoms with Gasteiger partial charge in [0, 0.05) is 0 Å². The molecule has 0 amide bonds. The van der Waals surface area contributed by atoms with Crippen molar-refractivity contribution < 1.29 is 9.53 Å². The lowest BCUT2D eigenvalue weighted by atomic mass is 10.0. The predicted molar refractivity (Wildman–Crippen MR) is 124 cm³/mol. The highest BCUT2D eigenvalue weighted by Crippen LogP contribution is 2.14. The molecule has 0 N–H and O–H groups in total. The Labute approximate surface area is 182 Å². The lowest BCUT2D eigenvalue weighted by Gasteiger charge is -2.05. The topological polar surface area (TPSA) is 57.0 Å². The second-order valence-electron chi connectivity index (χ2n) is 8.41. The molecule has 5 nitrogen and oxygen atoms in total. The van der Waals surface area contributed by atoms with E-state index < -0.39 is 6.09 Å². The Balaban J connectivity index is 1.35. The van der Waals surface area contributed by atoms with Crippen molar-refractivity contribution in [2.45, 2.75) is 110 Å². The molecular formula is C25H41N3O2. The molecule has 0 radical (unpaired) electrons. The van der Waals surface area contributed by atoms with Gasteiger partial charge in [-0.15, -0.1) is 9.78 Å². The van der Waals surface area contributed by atoms with Crippen LogP contribution in [0.1, 0.15) is 110 Å². The fourth-order valence-corrected chi connectivity index (χ4v) is 3.87. The molecular weight excluding hydrogens is 374 g/mol. The van der Waals surface area contributed by atoms with Gasteiger partial charge in [0.1, 0.15) is 11.0 Å². The van der Waals surface area contributed by atoms with E-state index in [1.54, 1.807) is 0 Å². The first kappa shape index (κ1) is 24.4. The number of unbranched alkanes of at least 4 members (excludes halogenated alkanes) is 15. The average molecular weight is 416 g/mol. The summed E-state index contributed by atoms with van der Waals surface area (Å²) in [7, 11) is 0. The van der Waals surface area contributed by atoms with Gasteiger partial charge in [-0.3, -0.25) is 0 Å². The molecule has 2 rings (SSSR count). The zero-order valence-electron chi connectivity index (χ0n) is 19.0. The number of carbonyl (C=O) groups is 1. The third kappa shape index (κ3) is 9.73. The Hall–Kier alpha value is -1.91. The monoisotopic (exact) mass is 415 g/mol. The van der Waals surface area contributed by atoms with Crippen LogP contribution in [0, 0.1) is 0 Å². The number of benzene rings is 1. The molecule has 0 aliphatic carbocycles. The van der Waals surface area contributed by atoms with Crippen molar-refractivity contribution in [2.24, 2.45) is 0 Å². The number of aromatic nitrogens is 3. The van der Waals surface area contributed by atoms with Crippen molar-refractivity contribution in [3.05, 3.63) is 24.3 Å². The van der Waals surface area contributed by atoms with E-state index in [0.29, 0.717) is 17.6 Å². The summed E-state index contributed by atoms with van der Waals surface area (Å²) < 4.78 is 6.57. The minimum Gasteiger partial charge on any atom is -0.448 e. The van der Waals surface area contributed by atoms with E-state index in [1.807, 2.05) is 24.3 Å². The van der Waals surface area contributed by atoms with Crippen molar-refractivity contribution >= 4 is 17.1 Å². The quantitative estimate of drug-likeness (QED) is 0.249. The van der Waals surface area contributed by atoms with E-state index in [-0.39, 0.29) is 0 Å².